The lowest BCUT2D eigenvalue weighted by Crippen LogP contribution is -2.57. The quantitative estimate of drug-likeness (QED) is 0.561. The van der Waals surface area contributed by atoms with Crippen LogP contribution < -0.4 is 10.1 Å². The van der Waals surface area contributed by atoms with Gasteiger partial charge in [0.2, 0.25) is 0 Å². The molecule has 6 heteroatoms. The van der Waals surface area contributed by atoms with Crippen molar-refractivity contribution in [2.75, 3.05) is 19.8 Å². The summed E-state index contributed by atoms with van der Waals surface area (Å²) in [4.78, 5) is 12.1. The van der Waals surface area contributed by atoms with Crippen LogP contribution in [-0.2, 0) is 0 Å². The third kappa shape index (κ3) is 4.19. The molecular formula is C14H21NO5. The second-order valence-corrected chi connectivity index (χ2v) is 4.90. The standard InChI is InChI=1S/C14H21NO5/c1-10(2)20-12-5-3-4-11(6-12)13(19)15-14(7-16,8-17)9-18/h3-6,10,16-18H,7-9H2,1-2H3,(H,15,19). The Bertz CT molecular complexity index is 435. The Labute approximate surface area is 118 Å². The summed E-state index contributed by atoms with van der Waals surface area (Å²) >= 11 is 0. The molecular weight excluding hydrogens is 262 g/mol. The molecule has 0 aromatic heterocycles. The maximum absolute atomic E-state index is 12.1. The zero-order valence-corrected chi connectivity index (χ0v) is 11.7. The number of ether oxygens (including phenoxy) is 1. The Hall–Kier alpha value is -1.63. The number of benzene rings is 1. The first-order valence-corrected chi connectivity index (χ1v) is 6.38. The van der Waals surface area contributed by atoms with Crippen molar-refractivity contribution >= 4 is 5.91 Å². The zero-order chi connectivity index (χ0) is 15.2. The zero-order valence-electron chi connectivity index (χ0n) is 11.7. The SMILES string of the molecule is CC(C)Oc1cccc(C(=O)NC(CO)(CO)CO)c1. The van der Waals surface area contributed by atoms with Gasteiger partial charge in [-0.05, 0) is 32.0 Å². The predicted molar refractivity (Wildman–Crippen MR) is 73.7 cm³/mol. The van der Waals surface area contributed by atoms with Crippen LogP contribution in [0.5, 0.6) is 5.75 Å². The number of carbonyl (C=O) groups is 1. The van der Waals surface area contributed by atoms with Crippen molar-refractivity contribution in [3.8, 4) is 5.75 Å². The first-order valence-electron chi connectivity index (χ1n) is 6.38. The van der Waals surface area contributed by atoms with Crippen LogP contribution in [0.4, 0.5) is 0 Å². The number of hydrogen-bond acceptors (Lipinski definition) is 5. The molecule has 0 bridgehead atoms. The average Bonchev–Trinajstić information content (AvgIpc) is 2.44. The van der Waals surface area contributed by atoms with Gasteiger partial charge in [-0.2, -0.15) is 0 Å². The summed E-state index contributed by atoms with van der Waals surface area (Å²) in [5.41, 5.74) is -1.12. The van der Waals surface area contributed by atoms with E-state index in [1.165, 1.54) is 0 Å². The number of rotatable bonds is 7. The van der Waals surface area contributed by atoms with Gasteiger partial charge in [-0.1, -0.05) is 6.07 Å². The smallest absolute Gasteiger partial charge is 0.252 e. The van der Waals surface area contributed by atoms with Gasteiger partial charge in [0.1, 0.15) is 11.3 Å². The predicted octanol–water partition coefficient (Wildman–Crippen LogP) is -0.0807. The van der Waals surface area contributed by atoms with Gasteiger partial charge in [0.05, 0.1) is 25.9 Å². The highest BCUT2D eigenvalue weighted by atomic mass is 16.5. The summed E-state index contributed by atoms with van der Waals surface area (Å²) in [7, 11) is 0. The Morgan fingerprint density at radius 1 is 1.25 bits per heavy atom. The number of carbonyl (C=O) groups excluding carboxylic acids is 1. The van der Waals surface area contributed by atoms with E-state index in [0.29, 0.717) is 11.3 Å². The number of aliphatic hydroxyl groups excluding tert-OH is 3. The van der Waals surface area contributed by atoms with Crippen molar-refractivity contribution in [2.24, 2.45) is 0 Å². The molecule has 0 aliphatic rings. The van der Waals surface area contributed by atoms with E-state index in [1.54, 1.807) is 24.3 Å². The molecule has 0 fully saturated rings. The molecule has 112 valence electrons. The minimum atomic E-state index is -1.44. The third-order valence-corrected chi connectivity index (χ3v) is 2.75. The van der Waals surface area contributed by atoms with Crippen LogP contribution in [0.1, 0.15) is 24.2 Å². The van der Waals surface area contributed by atoms with Crippen molar-refractivity contribution in [1.29, 1.82) is 0 Å². The van der Waals surface area contributed by atoms with Gasteiger partial charge >= 0.3 is 0 Å². The Morgan fingerprint density at radius 2 is 1.85 bits per heavy atom. The van der Waals surface area contributed by atoms with Crippen LogP contribution in [0.25, 0.3) is 0 Å². The van der Waals surface area contributed by atoms with Gasteiger partial charge in [0.25, 0.3) is 5.91 Å². The maximum atomic E-state index is 12.1. The molecule has 0 heterocycles. The summed E-state index contributed by atoms with van der Waals surface area (Å²) in [6.45, 7) is 2.07. The number of nitrogens with one attached hydrogen (secondary N) is 1. The van der Waals surface area contributed by atoms with Crippen LogP contribution in [0, 0.1) is 0 Å². The summed E-state index contributed by atoms with van der Waals surface area (Å²) in [5, 5.41) is 30.0. The highest BCUT2D eigenvalue weighted by Gasteiger charge is 2.30. The summed E-state index contributed by atoms with van der Waals surface area (Å²) in [6.07, 6.45) is -0.0141. The molecule has 0 unspecified atom stereocenters. The van der Waals surface area contributed by atoms with Gasteiger partial charge in [0.15, 0.2) is 0 Å². The topological polar surface area (TPSA) is 99.0 Å². The molecule has 20 heavy (non-hydrogen) atoms. The molecule has 1 aromatic rings. The van der Waals surface area contributed by atoms with E-state index in [9.17, 15) is 20.1 Å². The monoisotopic (exact) mass is 283 g/mol. The molecule has 6 nitrogen and oxygen atoms in total. The van der Waals surface area contributed by atoms with Crippen molar-refractivity contribution < 1.29 is 24.9 Å². The fraction of sp³-hybridized carbons (Fsp3) is 0.500. The van der Waals surface area contributed by atoms with Gasteiger partial charge in [-0.25, -0.2) is 0 Å². The van der Waals surface area contributed by atoms with E-state index in [-0.39, 0.29) is 6.10 Å². The minimum Gasteiger partial charge on any atom is -0.491 e. The van der Waals surface area contributed by atoms with E-state index in [2.05, 4.69) is 5.32 Å². The van der Waals surface area contributed by atoms with Gasteiger partial charge in [0, 0.05) is 5.56 Å². The number of hydrogen-bond donors (Lipinski definition) is 4. The second kappa shape index (κ2) is 7.23. The first-order chi connectivity index (χ1) is 9.46. The Morgan fingerprint density at radius 3 is 2.35 bits per heavy atom. The van der Waals surface area contributed by atoms with Crippen LogP contribution in [-0.4, -0.2) is 52.7 Å². The number of amides is 1. The van der Waals surface area contributed by atoms with Crippen LogP contribution in [0.3, 0.4) is 0 Å². The molecule has 0 aliphatic carbocycles. The Balaban J connectivity index is 2.86. The molecule has 0 spiro atoms. The molecule has 0 aliphatic heterocycles. The third-order valence-electron chi connectivity index (χ3n) is 2.75. The van der Waals surface area contributed by atoms with Crippen LogP contribution in [0.15, 0.2) is 24.3 Å². The molecule has 0 atom stereocenters. The highest BCUT2D eigenvalue weighted by molar-refractivity contribution is 5.95. The van der Waals surface area contributed by atoms with Crippen LogP contribution >= 0.6 is 0 Å². The van der Waals surface area contributed by atoms with E-state index in [4.69, 9.17) is 4.74 Å². The molecule has 1 rings (SSSR count). The van der Waals surface area contributed by atoms with Gasteiger partial charge in [-0.3, -0.25) is 4.79 Å². The second-order valence-electron chi connectivity index (χ2n) is 4.90. The van der Waals surface area contributed by atoms with E-state index < -0.39 is 31.3 Å². The molecule has 0 saturated heterocycles. The lowest BCUT2D eigenvalue weighted by atomic mass is 10.0. The number of aliphatic hydroxyl groups is 3. The van der Waals surface area contributed by atoms with Crippen molar-refractivity contribution in [2.45, 2.75) is 25.5 Å². The molecule has 1 amide bonds. The molecule has 4 N–H and O–H groups in total. The fourth-order valence-electron chi connectivity index (χ4n) is 1.56. The largest absolute Gasteiger partial charge is 0.491 e. The lowest BCUT2D eigenvalue weighted by Gasteiger charge is -2.28. The maximum Gasteiger partial charge on any atom is 0.252 e. The first kappa shape index (κ1) is 16.4. The van der Waals surface area contributed by atoms with Gasteiger partial charge in [-0.15, -0.1) is 0 Å². The molecule has 1 aromatic carbocycles. The lowest BCUT2D eigenvalue weighted by molar-refractivity contribution is 0.0375. The summed E-state index contributed by atoms with van der Waals surface area (Å²) in [6, 6.07) is 6.55. The molecule has 0 radical (unpaired) electrons. The minimum absolute atomic E-state index is 0.0141. The highest BCUT2D eigenvalue weighted by Crippen LogP contribution is 2.15. The van der Waals surface area contributed by atoms with Crippen molar-refractivity contribution in [1.82, 2.24) is 5.32 Å². The average molecular weight is 283 g/mol. The fourth-order valence-corrected chi connectivity index (χ4v) is 1.56. The summed E-state index contributed by atoms with van der Waals surface area (Å²) in [5.74, 6) is 0.0478. The van der Waals surface area contributed by atoms with Gasteiger partial charge < -0.3 is 25.4 Å². The van der Waals surface area contributed by atoms with E-state index in [1.807, 2.05) is 13.8 Å². The Kier molecular flexibility index (Phi) is 5.94. The van der Waals surface area contributed by atoms with Crippen LogP contribution in [0.2, 0.25) is 0 Å². The van der Waals surface area contributed by atoms with E-state index >= 15 is 0 Å². The molecule has 0 saturated carbocycles. The van der Waals surface area contributed by atoms with E-state index in [0.717, 1.165) is 0 Å². The van der Waals surface area contributed by atoms with Crippen molar-refractivity contribution in [3.63, 3.8) is 0 Å². The van der Waals surface area contributed by atoms with Crippen molar-refractivity contribution in [3.05, 3.63) is 29.8 Å². The summed E-state index contributed by atoms with van der Waals surface area (Å²) < 4.78 is 5.49. The normalized spacial score (nSPS) is 11.5.